The van der Waals surface area contributed by atoms with Crippen molar-refractivity contribution in [3.8, 4) is 11.1 Å². The van der Waals surface area contributed by atoms with Crippen molar-refractivity contribution in [1.29, 1.82) is 0 Å². The Bertz CT molecular complexity index is 598. The summed E-state index contributed by atoms with van der Waals surface area (Å²) in [5.41, 5.74) is 4.70. The van der Waals surface area contributed by atoms with Gasteiger partial charge in [-0.3, -0.25) is 0 Å². The van der Waals surface area contributed by atoms with Crippen LogP contribution in [-0.2, 0) is 12.8 Å². The molecular formula is C15H14O2S. The number of hydrogen-bond acceptors (Lipinski definition) is 2. The largest absolute Gasteiger partial charge is 0.477 e. The molecule has 0 spiro atoms. The molecule has 0 fully saturated rings. The van der Waals surface area contributed by atoms with E-state index >= 15 is 0 Å². The number of aryl methyl sites for hydroxylation is 2. The summed E-state index contributed by atoms with van der Waals surface area (Å²) in [7, 11) is 0. The summed E-state index contributed by atoms with van der Waals surface area (Å²) in [4.78, 5) is 11.6. The molecule has 1 heterocycles. The Morgan fingerprint density at radius 1 is 1.11 bits per heavy atom. The Hall–Kier alpha value is -1.61. The van der Waals surface area contributed by atoms with E-state index in [0.29, 0.717) is 4.88 Å². The normalized spacial score (nSPS) is 14.2. The van der Waals surface area contributed by atoms with E-state index in [9.17, 15) is 4.79 Å². The summed E-state index contributed by atoms with van der Waals surface area (Å²) in [5.74, 6) is -0.835. The summed E-state index contributed by atoms with van der Waals surface area (Å²) in [6, 6.07) is 8.29. The highest BCUT2D eigenvalue weighted by Gasteiger charge is 2.15. The van der Waals surface area contributed by atoms with E-state index in [-0.39, 0.29) is 0 Å². The van der Waals surface area contributed by atoms with E-state index < -0.39 is 5.97 Å². The predicted molar refractivity (Wildman–Crippen MR) is 73.4 cm³/mol. The van der Waals surface area contributed by atoms with E-state index in [4.69, 9.17) is 5.11 Å². The molecule has 0 bridgehead atoms. The highest BCUT2D eigenvalue weighted by Crippen LogP contribution is 2.31. The molecule has 1 aromatic carbocycles. The molecule has 0 radical (unpaired) electrons. The minimum absolute atomic E-state index is 0.436. The van der Waals surface area contributed by atoms with Crippen molar-refractivity contribution in [3.63, 3.8) is 0 Å². The zero-order valence-corrected chi connectivity index (χ0v) is 10.8. The smallest absolute Gasteiger partial charge is 0.346 e. The lowest BCUT2D eigenvalue weighted by atomic mass is 9.89. The zero-order chi connectivity index (χ0) is 12.5. The molecule has 1 aliphatic carbocycles. The number of aromatic carboxylic acids is 1. The third-order valence-corrected chi connectivity index (χ3v) is 4.42. The van der Waals surface area contributed by atoms with Crippen molar-refractivity contribution in [2.45, 2.75) is 25.7 Å². The highest BCUT2D eigenvalue weighted by atomic mass is 32.1. The van der Waals surface area contributed by atoms with Crippen LogP contribution in [0.1, 0.15) is 33.6 Å². The second kappa shape index (κ2) is 4.58. The third kappa shape index (κ3) is 1.95. The lowest BCUT2D eigenvalue weighted by Crippen LogP contribution is -2.02. The highest BCUT2D eigenvalue weighted by molar-refractivity contribution is 7.12. The minimum atomic E-state index is -0.835. The first-order chi connectivity index (χ1) is 8.75. The van der Waals surface area contributed by atoms with Crippen molar-refractivity contribution >= 4 is 17.3 Å². The van der Waals surface area contributed by atoms with Gasteiger partial charge in [0.25, 0.3) is 0 Å². The molecule has 92 valence electrons. The fourth-order valence-corrected chi connectivity index (χ4v) is 3.36. The van der Waals surface area contributed by atoms with Crippen molar-refractivity contribution < 1.29 is 9.90 Å². The molecule has 3 heteroatoms. The molecule has 1 aromatic heterocycles. The number of carbonyl (C=O) groups is 1. The second-order valence-electron chi connectivity index (χ2n) is 4.66. The van der Waals surface area contributed by atoms with Gasteiger partial charge in [-0.05, 0) is 53.8 Å². The maximum atomic E-state index is 11.2. The standard InChI is InChI=1S/C15H14O2S/c16-15(17)14-13(7-8-18-14)12-6-5-10-3-1-2-4-11(10)9-12/h5-9H,1-4H2,(H,16,17). The average molecular weight is 258 g/mol. The number of rotatable bonds is 2. The monoisotopic (exact) mass is 258 g/mol. The van der Waals surface area contributed by atoms with Crippen LogP contribution in [0.2, 0.25) is 0 Å². The van der Waals surface area contributed by atoms with Gasteiger partial charge in [0.2, 0.25) is 0 Å². The number of hydrogen-bond donors (Lipinski definition) is 1. The maximum Gasteiger partial charge on any atom is 0.346 e. The van der Waals surface area contributed by atoms with Crippen molar-refractivity contribution in [2.75, 3.05) is 0 Å². The summed E-state index contributed by atoms with van der Waals surface area (Å²) in [6.07, 6.45) is 4.79. The Morgan fingerprint density at radius 2 is 1.89 bits per heavy atom. The molecular weight excluding hydrogens is 244 g/mol. The second-order valence-corrected chi connectivity index (χ2v) is 5.58. The molecule has 2 aromatic rings. The van der Waals surface area contributed by atoms with Gasteiger partial charge in [-0.15, -0.1) is 11.3 Å². The Balaban J connectivity index is 2.06. The van der Waals surface area contributed by atoms with Gasteiger partial charge in [-0.1, -0.05) is 18.2 Å². The molecule has 1 N–H and O–H groups in total. The van der Waals surface area contributed by atoms with E-state index in [1.807, 2.05) is 11.4 Å². The number of carboxylic acids is 1. The number of carboxylic acid groups (broad SMARTS) is 1. The van der Waals surface area contributed by atoms with Crippen LogP contribution in [0.25, 0.3) is 11.1 Å². The van der Waals surface area contributed by atoms with Gasteiger partial charge in [-0.2, -0.15) is 0 Å². The van der Waals surface area contributed by atoms with Crippen LogP contribution < -0.4 is 0 Å². The van der Waals surface area contributed by atoms with Crippen LogP contribution in [0.4, 0.5) is 0 Å². The van der Waals surface area contributed by atoms with Gasteiger partial charge in [-0.25, -0.2) is 4.79 Å². The van der Waals surface area contributed by atoms with Crippen LogP contribution in [-0.4, -0.2) is 11.1 Å². The average Bonchev–Trinajstić information content (AvgIpc) is 2.87. The molecule has 1 aliphatic rings. The molecule has 0 unspecified atom stereocenters. The molecule has 0 atom stereocenters. The van der Waals surface area contributed by atoms with Crippen LogP contribution in [0.3, 0.4) is 0 Å². The molecule has 2 nitrogen and oxygen atoms in total. The number of fused-ring (bicyclic) bond motifs is 1. The summed E-state index contributed by atoms with van der Waals surface area (Å²) in [5, 5.41) is 11.0. The minimum Gasteiger partial charge on any atom is -0.477 e. The van der Waals surface area contributed by atoms with Crippen molar-refractivity contribution in [1.82, 2.24) is 0 Å². The first-order valence-corrected chi connectivity index (χ1v) is 7.06. The number of benzene rings is 1. The zero-order valence-electron chi connectivity index (χ0n) is 9.98. The van der Waals surface area contributed by atoms with Crippen LogP contribution >= 0.6 is 11.3 Å². The molecule has 0 saturated heterocycles. The van der Waals surface area contributed by atoms with Gasteiger partial charge in [0.05, 0.1) is 0 Å². The first-order valence-electron chi connectivity index (χ1n) is 6.18. The SMILES string of the molecule is O=C(O)c1sccc1-c1ccc2c(c1)CCCC2. The Morgan fingerprint density at radius 3 is 2.67 bits per heavy atom. The summed E-state index contributed by atoms with van der Waals surface area (Å²) >= 11 is 1.29. The van der Waals surface area contributed by atoms with Gasteiger partial charge in [0.15, 0.2) is 0 Å². The van der Waals surface area contributed by atoms with Gasteiger partial charge < -0.3 is 5.11 Å². The summed E-state index contributed by atoms with van der Waals surface area (Å²) in [6.45, 7) is 0. The van der Waals surface area contributed by atoms with Gasteiger partial charge in [0, 0.05) is 5.56 Å². The third-order valence-electron chi connectivity index (χ3n) is 3.52. The van der Waals surface area contributed by atoms with Crippen molar-refractivity contribution in [3.05, 3.63) is 45.6 Å². The molecule has 18 heavy (non-hydrogen) atoms. The predicted octanol–water partition coefficient (Wildman–Crippen LogP) is 3.99. The topological polar surface area (TPSA) is 37.3 Å². The first kappa shape index (κ1) is 11.5. The van der Waals surface area contributed by atoms with Crippen LogP contribution in [0.15, 0.2) is 29.6 Å². The molecule has 0 amide bonds. The van der Waals surface area contributed by atoms with Crippen LogP contribution in [0.5, 0.6) is 0 Å². The fourth-order valence-electron chi connectivity index (χ4n) is 2.60. The lowest BCUT2D eigenvalue weighted by molar-refractivity contribution is 0.0703. The van der Waals surface area contributed by atoms with Gasteiger partial charge in [0.1, 0.15) is 4.88 Å². The van der Waals surface area contributed by atoms with E-state index in [1.54, 1.807) is 0 Å². The lowest BCUT2D eigenvalue weighted by Gasteiger charge is -2.16. The molecule has 3 rings (SSSR count). The van der Waals surface area contributed by atoms with Crippen LogP contribution in [0, 0.1) is 0 Å². The van der Waals surface area contributed by atoms with E-state index in [0.717, 1.165) is 24.0 Å². The van der Waals surface area contributed by atoms with Crippen molar-refractivity contribution in [2.24, 2.45) is 0 Å². The fraction of sp³-hybridized carbons (Fsp3) is 0.267. The van der Waals surface area contributed by atoms with E-state index in [1.165, 1.54) is 35.3 Å². The Labute approximate surface area is 110 Å². The van der Waals surface area contributed by atoms with Gasteiger partial charge >= 0.3 is 5.97 Å². The maximum absolute atomic E-state index is 11.2. The quantitative estimate of drug-likeness (QED) is 0.884. The molecule has 0 aliphatic heterocycles. The summed E-state index contributed by atoms with van der Waals surface area (Å²) < 4.78 is 0. The molecule has 0 saturated carbocycles. The van der Waals surface area contributed by atoms with E-state index in [2.05, 4.69) is 18.2 Å². The number of thiophene rings is 1. The Kier molecular flexibility index (Phi) is 2.92.